The van der Waals surface area contributed by atoms with Crippen molar-refractivity contribution in [3.8, 4) is 0 Å². The van der Waals surface area contributed by atoms with Gasteiger partial charge in [-0.3, -0.25) is 4.79 Å². The first-order chi connectivity index (χ1) is 13.0. The van der Waals surface area contributed by atoms with Crippen LogP contribution < -0.4 is 0 Å². The first-order valence-electron chi connectivity index (χ1n) is 8.94. The molecule has 144 valence electrons. The Kier molecular flexibility index (Phi) is 6.57. The lowest BCUT2D eigenvalue weighted by Crippen LogP contribution is -2.50. The minimum atomic E-state index is -3.48. The van der Waals surface area contributed by atoms with Crippen LogP contribution in [0.5, 0.6) is 0 Å². The van der Waals surface area contributed by atoms with E-state index < -0.39 is 10.0 Å². The van der Waals surface area contributed by atoms with Gasteiger partial charge < -0.3 is 4.90 Å². The highest BCUT2D eigenvalue weighted by molar-refractivity contribution is 7.99. The minimum absolute atomic E-state index is 0.0744. The summed E-state index contributed by atoms with van der Waals surface area (Å²) in [6, 6.07) is 16.6. The summed E-state index contributed by atoms with van der Waals surface area (Å²) in [6.07, 6.45) is 0. The number of nitrogens with zero attached hydrogens (tertiary/aromatic N) is 2. The van der Waals surface area contributed by atoms with Crippen LogP contribution in [0.4, 0.5) is 0 Å². The quantitative estimate of drug-likeness (QED) is 0.743. The summed E-state index contributed by atoms with van der Waals surface area (Å²) >= 11 is 1.60. The lowest BCUT2D eigenvalue weighted by Gasteiger charge is -2.34. The lowest BCUT2D eigenvalue weighted by atomic mass is 10.1. The summed E-state index contributed by atoms with van der Waals surface area (Å²) in [5, 5.41) is 0. The van der Waals surface area contributed by atoms with Gasteiger partial charge in [-0.2, -0.15) is 4.31 Å². The van der Waals surface area contributed by atoms with Crippen molar-refractivity contribution in [2.45, 2.75) is 17.6 Å². The fourth-order valence-corrected chi connectivity index (χ4v) is 5.48. The van der Waals surface area contributed by atoms with Crippen molar-refractivity contribution in [2.24, 2.45) is 0 Å². The standard InChI is InChI=1S/C20H24N2O3S2/c1-17-7-5-6-8-18(17)15-26-16-20(23)21-11-13-22(14-12-21)27(24,25)19-9-3-2-4-10-19/h2-10H,11-16H2,1H3. The molecular formula is C20H24N2O3S2. The molecule has 1 aliphatic rings. The molecule has 0 radical (unpaired) electrons. The molecule has 1 heterocycles. The molecule has 0 spiro atoms. The van der Waals surface area contributed by atoms with Crippen molar-refractivity contribution in [2.75, 3.05) is 31.9 Å². The molecule has 1 saturated heterocycles. The molecule has 3 rings (SSSR count). The van der Waals surface area contributed by atoms with Crippen molar-refractivity contribution >= 4 is 27.7 Å². The van der Waals surface area contributed by atoms with Crippen LogP contribution in [-0.4, -0.2) is 55.5 Å². The van der Waals surface area contributed by atoms with E-state index in [1.165, 1.54) is 15.4 Å². The van der Waals surface area contributed by atoms with E-state index in [0.717, 1.165) is 5.75 Å². The predicted octanol–water partition coefficient (Wildman–Crippen LogP) is 2.76. The highest BCUT2D eigenvalue weighted by atomic mass is 32.2. The number of benzene rings is 2. The Balaban J connectivity index is 1.49. The largest absolute Gasteiger partial charge is 0.339 e. The number of carbonyl (C=O) groups is 1. The van der Waals surface area contributed by atoms with Crippen LogP contribution in [0.1, 0.15) is 11.1 Å². The van der Waals surface area contributed by atoms with Gasteiger partial charge >= 0.3 is 0 Å². The smallest absolute Gasteiger partial charge is 0.243 e. The third-order valence-electron chi connectivity index (χ3n) is 4.72. The van der Waals surface area contributed by atoms with Gasteiger partial charge in [0.05, 0.1) is 10.6 Å². The van der Waals surface area contributed by atoms with Crippen LogP contribution in [0.15, 0.2) is 59.5 Å². The normalized spacial score (nSPS) is 15.7. The van der Waals surface area contributed by atoms with Crippen LogP contribution in [0.2, 0.25) is 0 Å². The summed E-state index contributed by atoms with van der Waals surface area (Å²) in [5.74, 6) is 1.30. The van der Waals surface area contributed by atoms with Gasteiger partial charge in [0.2, 0.25) is 15.9 Å². The molecule has 0 aromatic heterocycles. The van der Waals surface area contributed by atoms with Crippen molar-refractivity contribution < 1.29 is 13.2 Å². The van der Waals surface area contributed by atoms with Gasteiger partial charge in [-0.05, 0) is 30.2 Å². The zero-order chi connectivity index (χ0) is 19.3. The third-order valence-corrected chi connectivity index (χ3v) is 7.60. The Morgan fingerprint density at radius 1 is 0.963 bits per heavy atom. The van der Waals surface area contributed by atoms with Crippen LogP contribution in [0, 0.1) is 6.92 Å². The Hall–Kier alpha value is -1.83. The Morgan fingerprint density at radius 2 is 1.59 bits per heavy atom. The number of piperazine rings is 1. The average molecular weight is 405 g/mol. The molecule has 1 amide bonds. The molecule has 7 heteroatoms. The molecule has 0 saturated carbocycles. The van der Waals surface area contributed by atoms with Gasteiger partial charge in [0.15, 0.2) is 0 Å². The highest BCUT2D eigenvalue weighted by Crippen LogP contribution is 2.19. The van der Waals surface area contributed by atoms with Gasteiger partial charge in [-0.25, -0.2) is 8.42 Å². The van der Waals surface area contributed by atoms with E-state index in [1.807, 2.05) is 12.1 Å². The predicted molar refractivity (Wildman–Crippen MR) is 109 cm³/mol. The minimum Gasteiger partial charge on any atom is -0.339 e. The van der Waals surface area contributed by atoms with Gasteiger partial charge in [0, 0.05) is 31.9 Å². The number of amides is 1. The second-order valence-electron chi connectivity index (χ2n) is 6.52. The van der Waals surface area contributed by atoms with Crippen molar-refractivity contribution in [1.29, 1.82) is 0 Å². The van der Waals surface area contributed by atoms with Crippen LogP contribution >= 0.6 is 11.8 Å². The molecule has 2 aromatic carbocycles. The Bertz CT molecular complexity index is 877. The topological polar surface area (TPSA) is 57.7 Å². The van der Waals surface area contributed by atoms with E-state index in [2.05, 4.69) is 19.1 Å². The number of rotatable bonds is 6. The molecular weight excluding hydrogens is 380 g/mol. The van der Waals surface area contributed by atoms with Gasteiger partial charge in [-0.15, -0.1) is 11.8 Å². The molecule has 0 unspecified atom stereocenters. The lowest BCUT2D eigenvalue weighted by molar-refractivity contribution is -0.129. The average Bonchev–Trinajstić information content (AvgIpc) is 2.70. The van der Waals surface area contributed by atoms with E-state index in [0.29, 0.717) is 36.8 Å². The van der Waals surface area contributed by atoms with Gasteiger partial charge in [0.1, 0.15) is 0 Å². The van der Waals surface area contributed by atoms with Crippen molar-refractivity contribution in [1.82, 2.24) is 9.21 Å². The maximum absolute atomic E-state index is 12.6. The fraction of sp³-hybridized carbons (Fsp3) is 0.350. The Morgan fingerprint density at radius 3 is 2.26 bits per heavy atom. The first-order valence-corrected chi connectivity index (χ1v) is 11.5. The number of hydrogen-bond donors (Lipinski definition) is 0. The van der Waals surface area contributed by atoms with E-state index in [4.69, 9.17) is 0 Å². The SMILES string of the molecule is Cc1ccccc1CSCC(=O)N1CCN(S(=O)(=O)c2ccccc2)CC1. The second kappa shape index (κ2) is 8.91. The molecule has 5 nitrogen and oxygen atoms in total. The molecule has 1 fully saturated rings. The summed E-state index contributed by atoms with van der Waals surface area (Å²) in [7, 11) is -3.48. The monoisotopic (exact) mass is 404 g/mol. The maximum Gasteiger partial charge on any atom is 0.243 e. The fourth-order valence-electron chi connectivity index (χ4n) is 3.03. The number of hydrogen-bond acceptors (Lipinski definition) is 4. The van der Waals surface area contributed by atoms with E-state index in [1.54, 1.807) is 47.0 Å². The summed E-state index contributed by atoms with van der Waals surface area (Å²) in [6.45, 7) is 3.63. The highest BCUT2D eigenvalue weighted by Gasteiger charge is 2.29. The molecule has 0 N–H and O–H groups in total. The van der Waals surface area contributed by atoms with E-state index in [-0.39, 0.29) is 5.91 Å². The molecule has 0 aliphatic carbocycles. The number of carbonyl (C=O) groups excluding carboxylic acids is 1. The summed E-state index contributed by atoms with van der Waals surface area (Å²) in [4.78, 5) is 14.5. The van der Waals surface area contributed by atoms with Crippen LogP contribution in [0.25, 0.3) is 0 Å². The van der Waals surface area contributed by atoms with Gasteiger partial charge in [-0.1, -0.05) is 42.5 Å². The van der Waals surface area contributed by atoms with Gasteiger partial charge in [0.25, 0.3) is 0 Å². The van der Waals surface area contributed by atoms with E-state index >= 15 is 0 Å². The number of thioether (sulfide) groups is 1. The number of sulfonamides is 1. The Labute approximate surface area is 165 Å². The summed E-state index contributed by atoms with van der Waals surface area (Å²) in [5.41, 5.74) is 2.48. The van der Waals surface area contributed by atoms with Crippen molar-refractivity contribution in [3.05, 3.63) is 65.7 Å². The molecule has 0 bridgehead atoms. The molecule has 0 atom stereocenters. The van der Waals surface area contributed by atoms with Crippen LogP contribution in [0.3, 0.4) is 0 Å². The molecule has 2 aromatic rings. The zero-order valence-corrected chi connectivity index (χ0v) is 17.0. The zero-order valence-electron chi connectivity index (χ0n) is 15.4. The maximum atomic E-state index is 12.6. The molecule has 27 heavy (non-hydrogen) atoms. The van der Waals surface area contributed by atoms with Crippen LogP contribution in [-0.2, 0) is 20.6 Å². The van der Waals surface area contributed by atoms with Crippen molar-refractivity contribution in [3.63, 3.8) is 0 Å². The second-order valence-corrected chi connectivity index (χ2v) is 9.44. The molecule has 1 aliphatic heterocycles. The third kappa shape index (κ3) is 4.91. The summed E-state index contributed by atoms with van der Waals surface area (Å²) < 4.78 is 26.8. The first kappa shape index (κ1) is 19.9. The number of aryl methyl sites for hydroxylation is 1. The van der Waals surface area contributed by atoms with E-state index in [9.17, 15) is 13.2 Å².